The number of benzene rings is 2. The van der Waals surface area contributed by atoms with E-state index in [9.17, 15) is 30.3 Å². The van der Waals surface area contributed by atoms with Crippen LogP contribution in [-0.2, 0) is 11.9 Å². The molecular formula is C15H11N7O6Se. The number of hydrogen-bond acceptors (Lipinski definition) is 9. The zero-order valence-corrected chi connectivity index (χ0v) is 16.2. The Kier molecular flexibility index (Phi) is 5.85. The number of nitro benzene ring substituents is 3. The number of nitrogens with zero attached hydrogens (tertiary/aromatic N) is 7. The molecule has 0 unspecified atom stereocenters. The predicted octanol–water partition coefficient (Wildman–Crippen LogP) is 0.976. The number of rotatable bonds is 8. The van der Waals surface area contributed by atoms with Crippen LogP contribution in [0.1, 0.15) is 11.1 Å². The quantitative estimate of drug-likeness (QED) is 0.267. The summed E-state index contributed by atoms with van der Waals surface area (Å²) in [6.07, 6.45) is 0. The number of tetrazole rings is 1. The van der Waals surface area contributed by atoms with Crippen molar-refractivity contribution in [3.63, 3.8) is 0 Å². The summed E-state index contributed by atoms with van der Waals surface area (Å²) >= 11 is -0.384. The van der Waals surface area contributed by atoms with Gasteiger partial charge in [0.1, 0.15) is 0 Å². The first-order valence-electron chi connectivity index (χ1n) is 7.89. The van der Waals surface area contributed by atoms with E-state index < -0.39 is 14.8 Å². The Morgan fingerprint density at radius 3 is 2.17 bits per heavy atom. The molecule has 0 bridgehead atoms. The van der Waals surface area contributed by atoms with E-state index in [1.165, 1.54) is 28.9 Å². The van der Waals surface area contributed by atoms with Gasteiger partial charge in [-0.1, -0.05) is 0 Å². The first kappa shape index (κ1) is 20.0. The van der Waals surface area contributed by atoms with Gasteiger partial charge in [-0.2, -0.15) is 0 Å². The van der Waals surface area contributed by atoms with Crippen molar-refractivity contribution in [2.24, 2.45) is 0 Å². The molecule has 148 valence electrons. The maximum atomic E-state index is 11.2. The van der Waals surface area contributed by atoms with Gasteiger partial charge >= 0.3 is 168 Å². The predicted molar refractivity (Wildman–Crippen MR) is 98.9 cm³/mol. The van der Waals surface area contributed by atoms with Crippen LogP contribution in [0.25, 0.3) is 0 Å². The standard InChI is InChI=1S/C15H11N7O6Se/c23-20(24)12-4-1-10(2-5-12)8-19-15(16-17-18-19)29-9-11-3-6-13(21(25)26)7-14(11)22(27)28/h1-7H,8-9H2. The topological polar surface area (TPSA) is 173 Å². The molecule has 14 heteroatoms. The van der Waals surface area contributed by atoms with Crippen LogP contribution in [0.4, 0.5) is 17.1 Å². The molecule has 0 saturated heterocycles. The summed E-state index contributed by atoms with van der Waals surface area (Å²) < 4.78 is 2.03. The van der Waals surface area contributed by atoms with Crippen LogP contribution in [0.3, 0.4) is 0 Å². The average Bonchev–Trinajstić information content (AvgIpc) is 3.13. The molecule has 2 aromatic carbocycles. The third kappa shape index (κ3) is 4.75. The molecule has 1 heterocycles. The Bertz CT molecular complexity index is 1090. The monoisotopic (exact) mass is 465 g/mol. The van der Waals surface area contributed by atoms with Crippen molar-refractivity contribution in [1.82, 2.24) is 20.2 Å². The van der Waals surface area contributed by atoms with Gasteiger partial charge in [0.2, 0.25) is 0 Å². The van der Waals surface area contributed by atoms with Crippen molar-refractivity contribution in [1.29, 1.82) is 0 Å². The van der Waals surface area contributed by atoms with Crippen molar-refractivity contribution >= 4 is 36.7 Å². The molecule has 0 aliphatic heterocycles. The molecule has 0 amide bonds. The van der Waals surface area contributed by atoms with E-state index in [-0.39, 0.29) is 43.9 Å². The molecular weight excluding hydrogens is 453 g/mol. The molecule has 0 spiro atoms. The Morgan fingerprint density at radius 2 is 1.55 bits per heavy atom. The van der Waals surface area contributed by atoms with Crippen molar-refractivity contribution < 1.29 is 14.8 Å². The minimum atomic E-state index is -0.688. The van der Waals surface area contributed by atoms with Crippen LogP contribution in [0, 0.1) is 30.3 Å². The first-order chi connectivity index (χ1) is 13.8. The van der Waals surface area contributed by atoms with Crippen molar-refractivity contribution in [3.05, 3.63) is 83.9 Å². The van der Waals surface area contributed by atoms with Gasteiger partial charge in [-0.3, -0.25) is 0 Å². The fraction of sp³-hybridized carbons (Fsp3) is 0.133. The summed E-state index contributed by atoms with van der Waals surface area (Å²) in [4.78, 5) is 31.0. The van der Waals surface area contributed by atoms with E-state index in [0.29, 0.717) is 10.3 Å². The van der Waals surface area contributed by atoms with Gasteiger partial charge in [0.15, 0.2) is 0 Å². The minimum absolute atomic E-state index is 0.0274. The molecule has 0 aliphatic rings. The number of nitro groups is 3. The van der Waals surface area contributed by atoms with Gasteiger partial charge in [-0.05, 0) is 0 Å². The van der Waals surface area contributed by atoms with Crippen LogP contribution >= 0.6 is 0 Å². The van der Waals surface area contributed by atoms with E-state index in [1.807, 2.05) is 0 Å². The van der Waals surface area contributed by atoms with Gasteiger partial charge in [-0.15, -0.1) is 0 Å². The van der Waals surface area contributed by atoms with Crippen LogP contribution in [0.5, 0.6) is 0 Å². The van der Waals surface area contributed by atoms with Crippen LogP contribution in [0.2, 0.25) is 0 Å². The second-order valence-corrected chi connectivity index (χ2v) is 7.64. The Balaban J connectivity index is 1.74. The summed E-state index contributed by atoms with van der Waals surface area (Å²) in [5.74, 6) is 0. The van der Waals surface area contributed by atoms with E-state index in [4.69, 9.17) is 0 Å². The van der Waals surface area contributed by atoms with Gasteiger partial charge in [-0.25, -0.2) is 0 Å². The van der Waals surface area contributed by atoms with Gasteiger partial charge < -0.3 is 0 Å². The fourth-order valence-electron chi connectivity index (χ4n) is 2.40. The van der Waals surface area contributed by atoms with Crippen molar-refractivity contribution in [3.8, 4) is 0 Å². The van der Waals surface area contributed by atoms with Gasteiger partial charge in [0.25, 0.3) is 0 Å². The van der Waals surface area contributed by atoms with Crippen molar-refractivity contribution in [2.45, 2.75) is 11.9 Å². The van der Waals surface area contributed by atoms with E-state index >= 15 is 0 Å². The first-order valence-corrected chi connectivity index (χ1v) is 9.96. The Hall–Kier alpha value is -3.77. The molecule has 0 radical (unpaired) electrons. The van der Waals surface area contributed by atoms with Crippen LogP contribution in [0.15, 0.2) is 42.5 Å². The summed E-state index contributed by atoms with van der Waals surface area (Å²) in [6.45, 7) is 0.282. The Labute approximate surface area is 167 Å². The summed E-state index contributed by atoms with van der Waals surface area (Å²) in [5, 5.41) is 44.5. The molecule has 0 N–H and O–H groups in total. The second-order valence-electron chi connectivity index (χ2n) is 5.66. The normalized spacial score (nSPS) is 10.6. The van der Waals surface area contributed by atoms with E-state index in [2.05, 4.69) is 15.5 Å². The summed E-state index contributed by atoms with van der Waals surface area (Å²) in [6, 6.07) is 9.47. The number of hydrogen-bond donors (Lipinski definition) is 0. The van der Waals surface area contributed by atoms with Crippen LogP contribution < -0.4 is 4.72 Å². The molecule has 0 fully saturated rings. The molecule has 1 aromatic heterocycles. The maximum absolute atomic E-state index is 11.2. The van der Waals surface area contributed by atoms with Crippen molar-refractivity contribution in [2.75, 3.05) is 0 Å². The third-order valence-corrected chi connectivity index (χ3v) is 5.92. The zero-order valence-electron chi connectivity index (χ0n) is 14.4. The van der Waals surface area contributed by atoms with E-state index in [0.717, 1.165) is 11.6 Å². The summed E-state index contributed by atoms with van der Waals surface area (Å²) in [7, 11) is 0. The molecule has 3 rings (SSSR count). The average molecular weight is 464 g/mol. The molecule has 0 atom stereocenters. The van der Waals surface area contributed by atoms with Crippen LogP contribution in [-0.4, -0.2) is 49.9 Å². The summed E-state index contributed by atoms with van der Waals surface area (Å²) in [5.41, 5.74) is 0.401. The molecule has 0 saturated carbocycles. The third-order valence-electron chi connectivity index (χ3n) is 3.81. The zero-order chi connectivity index (χ0) is 21.0. The second kappa shape index (κ2) is 8.50. The fourth-order valence-corrected chi connectivity index (χ4v) is 4.23. The number of non-ortho nitro benzene ring substituents is 2. The van der Waals surface area contributed by atoms with E-state index in [1.54, 1.807) is 12.1 Å². The molecule has 13 nitrogen and oxygen atoms in total. The molecule has 3 aromatic rings. The molecule has 0 aliphatic carbocycles. The number of aromatic nitrogens is 4. The van der Waals surface area contributed by atoms with Gasteiger partial charge in [0, 0.05) is 0 Å². The van der Waals surface area contributed by atoms with Gasteiger partial charge in [0.05, 0.1) is 0 Å². The molecule has 29 heavy (non-hydrogen) atoms. The Morgan fingerprint density at radius 1 is 0.897 bits per heavy atom. The SMILES string of the molecule is O=[N+]([O-])c1ccc(Cn2nnnc2[Se]Cc2ccc([N+](=O)[O-])cc2[N+](=O)[O-])cc1.